The van der Waals surface area contributed by atoms with Crippen molar-refractivity contribution in [3.05, 3.63) is 163 Å². The lowest BCUT2D eigenvalue weighted by Crippen LogP contribution is -2.33. The smallest absolute Gasteiger partial charge is 0.238 e. The molecule has 56 heavy (non-hydrogen) atoms. The Hall–Kier alpha value is -6.59. The molecule has 11 rings (SSSR count). The highest BCUT2D eigenvalue weighted by molar-refractivity contribution is 6.33. The number of para-hydroxylation sites is 1. The Balaban J connectivity index is 1.34. The Morgan fingerprint density at radius 2 is 0.929 bits per heavy atom. The molecule has 0 N–H and O–H groups in total. The fourth-order valence-electron chi connectivity index (χ4n) is 9.40. The van der Waals surface area contributed by atoms with Crippen LogP contribution in [0.15, 0.2) is 152 Å². The van der Waals surface area contributed by atoms with Crippen LogP contribution in [-0.2, 0) is 10.8 Å². The Bertz CT molecular complexity index is 3110. The van der Waals surface area contributed by atoms with Crippen LogP contribution in [0.5, 0.6) is 0 Å². The maximum absolute atomic E-state index is 5.28. The van der Waals surface area contributed by atoms with Crippen LogP contribution in [0.1, 0.15) is 51.7 Å². The standard InChI is InChI=1S/C51H41N5/c1-50(2)28-29-51(3,4)39-31-43-37(30-38(39)50)45-40(55(43)35-21-12-7-13-22-35)26-27-42-46(45)44-36-23-15-14-16-32(36)24-25-41(44)56(42)49-53-47(33-17-8-5-9-18-33)52-48(54-49)34-19-10-6-11-20-34/h5-27,30-31H,28-29H2,1-4H3. The number of rotatable bonds is 4. The molecule has 0 amide bonds. The van der Waals surface area contributed by atoms with E-state index in [4.69, 9.17) is 15.0 Å². The van der Waals surface area contributed by atoms with Gasteiger partial charge in [-0.05, 0) is 88.0 Å². The van der Waals surface area contributed by atoms with Crippen LogP contribution < -0.4 is 0 Å². The molecular formula is C51H41N5. The van der Waals surface area contributed by atoms with Crippen LogP contribution in [-0.4, -0.2) is 24.1 Å². The first-order valence-corrected chi connectivity index (χ1v) is 19.7. The molecule has 1 aliphatic carbocycles. The minimum absolute atomic E-state index is 0.0569. The Morgan fingerprint density at radius 3 is 1.57 bits per heavy atom. The van der Waals surface area contributed by atoms with Gasteiger partial charge in [0.05, 0.1) is 22.1 Å². The van der Waals surface area contributed by atoms with Gasteiger partial charge < -0.3 is 4.57 Å². The summed E-state index contributed by atoms with van der Waals surface area (Å²) in [6, 6.07) is 54.2. The molecule has 270 valence electrons. The molecule has 0 atom stereocenters. The van der Waals surface area contributed by atoms with Crippen LogP contribution >= 0.6 is 0 Å². The van der Waals surface area contributed by atoms with Crippen molar-refractivity contribution >= 4 is 54.4 Å². The minimum Gasteiger partial charge on any atom is -0.309 e. The van der Waals surface area contributed by atoms with Crippen molar-refractivity contribution in [3.63, 3.8) is 0 Å². The second-order valence-corrected chi connectivity index (χ2v) is 16.7. The summed E-state index contributed by atoms with van der Waals surface area (Å²) in [7, 11) is 0. The summed E-state index contributed by atoms with van der Waals surface area (Å²) in [5, 5.41) is 7.36. The quantitative estimate of drug-likeness (QED) is 0.182. The zero-order chi connectivity index (χ0) is 37.8. The maximum Gasteiger partial charge on any atom is 0.238 e. The molecular weight excluding hydrogens is 683 g/mol. The van der Waals surface area contributed by atoms with Gasteiger partial charge in [-0.3, -0.25) is 4.57 Å². The summed E-state index contributed by atoms with van der Waals surface area (Å²) in [5.74, 6) is 1.88. The van der Waals surface area contributed by atoms with Gasteiger partial charge in [-0.25, -0.2) is 4.98 Å². The fourth-order valence-corrected chi connectivity index (χ4v) is 9.40. The Morgan fingerprint density at radius 1 is 0.429 bits per heavy atom. The summed E-state index contributed by atoms with van der Waals surface area (Å²) < 4.78 is 4.76. The van der Waals surface area contributed by atoms with Crippen molar-refractivity contribution in [1.82, 2.24) is 24.1 Å². The molecule has 3 aromatic heterocycles. The third-order valence-corrected chi connectivity index (χ3v) is 12.4. The van der Waals surface area contributed by atoms with E-state index >= 15 is 0 Å². The molecule has 7 aromatic carbocycles. The highest BCUT2D eigenvalue weighted by atomic mass is 15.2. The van der Waals surface area contributed by atoms with Crippen LogP contribution in [0, 0.1) is 0 Å². The van der Waals surface area contributed by atoms with E-state index in [0.717, 1.165) is 40.7 Å². The van der Waals surface area contributed by atoms with Gasteiger partial charge in [0, 0.05) is 38.4 Å². The second-order valence-electron chi connectivity index (χ2n) is 16.7. The van der Waals surface area contributed by atoms with Gasteiger partial charge in [-0.1, -0.05) is 137 Å². The molecule has 3 heterocycles. The van der Waals surface area contributed by atoms with E-state index < -0.39 is 0 Å². The molecule has 0 fully saturated rings. The second kappa shape index (κ2) is 12.0. The predicted molar refractivity (Wildman–Crippen MR) is 232 cm³/mol. The van der Waals surface area contributed by atoms with Crippen molar-refractivity contribution < 1.29 is 0 Å². The Kier molecular flexibility index (Phi) is 7.00. The van der Waals surface area contributed by atoms with Gasteiger partial charge in [0.25, 0.3) is 0 Å². The first kappa shape index (κ1) is 32.8. The number of hydrogen-bond acceptors (Lipinski definition) is 3. The van der Waals surface area contributed by atoms with Crippen LogP contribution in [0.4, 0.5) is 0 Å². The monoisotopic (exact) mass is 723 g/mol. The summed E-state index contributed by atoms with van der Waals surface area (Å²) in [5.41, 5.74) is 10.7. The molecule has 0 bridgehead atoms. The molecule has 0 spiro atoms. The molecule has 0 radical (unpaired) electrons. The van der Waals surface area contributed by atoms with E-state index in [1.165, 1.54) is 54.5 Å². The minimum atomic E-state index is 0.0569. The van der Waals surface area contributed by atoms with E-state index in [2.05, 4.69) is 152 Å². The van der Waals surface area contributed by atoms with Gasteiger partial charge in [-0.2, -0.15) is 9.97 Å². The third kappa shape index (κ3) is 4.83. The SMILES string of the molecule is CC1(C)CCC(C)(C)c2cc3c(cc21)c1c2c4c5ccccc5ccc4n(-c4nc(-c5ccccc5)nc(-c5ccccc5)n4)c2ccc1n3-c1ccccc1. The van der Waals surface area contributed by atoms with Crippen LogP contribution in [0.3, 0.4) is 0 Å². The fraction of sp³-hybridized carbons (Fsp3) is 0.157. The highest BCUT2D eigenvalue weighted by Gasteiger charge is 2.38. The average molecular weight is 724 g/mol. The van der Waals surface area contributed by atoms with E-state index in [0.29, 0.717) is 17.6 Å². The zero-order valence-corrected chi connectivity index (χ0v) is 32.1. The lowest BCUT2D eigenvalue weighted by molar-refractivity contribution is 0.332. The first-order valence-electron chi connectivity index (χ1n) is 19.7. The summed E-state index contributed by atoms with van der Waals surface area (Å²) >= 11 is 0. The number of nitrogens with zero attached hydrogens (tertiary/aromatic N) is 5. The van der Waals surface area contributed by atoms with Gasteiger partial charge in [-0.15, -0.1) is 0 Å². The molecule has 0 saturated carbocycles. The number of benzene rings is 7. The normalized spacial score (nSPS) is 14.9. The zero-order valence-electron chi connectivity index (χ0n) is 32.1. The summed E-state index contributed by atoms with van der Waals surface area (Å²) in [4.78, 5) is 15.6. The molecule has 5 nitrogen and oxygen atoms in total. The average Bonchev–Trinajstić information content (AvgIpc) is 3.76. The third-order valence-electron chi connectivity index (χ3n) is 12.4. The maximum atomic E-state index is 5.28. The first-order chi connectivity index (χ1) is 27.3. The largest absolute Gasteiger partial charge is 0.309 e. The van der Waals surface area contributed by atoms with Gasteiger partial charge in [0.1, 0.15) is 0 Å². The van der Waals surface area contributed by atoms with Crippen molar-refractivity contribution in [2.45, 2.75) is 51.4 Å². The summed E-state index contributed by atoms with van der Waals surface area (Å²) in [6.45, 7) is 9.69. The topological polar surface area (TPSA) is 48.5 Å². The van der Waals surface area contributed by atoms with E-state index in [-0.39, 0.29) is 10.8 Å². The lowest BCUT2D eigenvalue weighted by Gasteiger charge is -2.42. The highest BCUT2D eigenvalue weighted by Crippen LogP contribution is 2.50. The van der Waals surface area contributed by atoms with Crippen molar-refractivity contribution in [1.29, 1.82) is 0 Å². The van der Waals surface area contributed by atoms with Crippen molar-refractivity contribution in [2.24, 2.45) is 0 Å². The van der Waals surface area contributed by atoms with Crippen molar-refractivity contribution in [3.8, 4) is 34.4 Å². The van der Waals surface area contributed by atoms with E-state index in [9.17, 15) is 0 Å². The molecule has 1 aliphatic rings. The van der Waals surface area contributed by atoms with Crippen molar-refractivity contribution in [2.75, 3.05) is 0 Å². The van der Waals surface area contributed by atoms with Gasteiger partial charge >= 0.3 is 0 Å². The molecule has 10 aromatic rings. The Labute approximate surface area is 325 Å². The van der Waals surface area contributed by atoms with Crippen LogP contribution in [0.2, 0.25) is 0 Å². The van der Waals surface area contributed by atoms with Gasteiger partial charge in [0.15, 0.2) is 11.6 Å². The summed E-state index contributed by atoms with van der Waals surface area (Å²) in [6.07, 6.45) is 2.32. The van der Waals surface area contributed by atoms with Crippen LogP contribution in [0.25, 0.3) is 88.8 Å². The number of aromatic nitrogens is 5. The van der Waals surface area contributed by atoms with E-state index in [1.807, 2.05) is 36.4 Å². The van der Waals surface area contributed by atoms with E-state index in [1.54, 1.807) is 0 Å². The molecule has 5 heteroatoms. The lowest BCUT2D eigenvalue weighted by atomic mass is 9.63. The predicted octanol–water partition coefficient (Wildman–Crippen LogP) is 12.9. The number of fused-ring (bicyclic) bond motifs is 10. The molecule has 0 saturated heterocycles. The molecule has 0 aliphatic heterocycles. The number of hydrogen-bond donors (Lipinski definition) is 0. The molecule has 0 unspecified atom stereocenters. The van der Waals surface area contributed by atoms with Gasteiger partial charge in [0.2, 0.25) is 5.95 Å².